The van der Waals surface area contributed by atoms with Crippen LogP contribution in [0.1, 0.15) is 48.4 Å². The van der Waals surface area contributed by atoms with Crippen LogP contribution in [0.15, 0.2) is 24.3 Å². The van der Waals surface area contributed by atoms with Crippen molar-refractivity contribution in [3.63, 3.8) is 0 Å². The number of hydrogen-bond donors (Lipinski definition) is 0. The molecular weight excluding hydrogens is 226 g/mol. The molecule has 0 aliphatic heterocycles. The first-order valence-corrected chi connectivity index (χ1v) is 6.29. The highest BCUT2D eigenvalue weighted by molar-refractivity contribution is 6.01. The third-order valence-corrected chi connectivity index (χ3v) is 2.32. The molecule has 0 heterocycles. The van der Waals surface area contributed by atoms with Crippen LogP contribution in [0, 0.1) is 5.92 Å². The molecule has 1 aromatic rings. The van der Waals surface area contributed by atoms with Crippen LogP contribution in [-0.2, 0) is 0 Å². The van der Waals surface area contributed by atoms with Crippen LogP contribution in [0.25, 0.3) is 0 Å². The fraction of sp³-hybridized carbons (Fsp3) is 0.467. The minimum absolute atomic E-state index is 0.0512. The van der Waals surface area contributed by atoms with Crippen molar-refractivity contribution in [1.29, 1.82) is 0 Å². The van der Waals surface area contributed by atoms with Gasteiger partial charge in [-0.25, -0.2) is 0 Å². The summed E-state index contributed by atoms with van der Waals surface area (Å²) in [6, 6.07) is 6.87. The van der Waals surface area contributed by atoms with E-state index in [0.29, 0.717) is 11.1 Å². The Bertz CT molecular complexity index is 373. The van der Waals surface area contributed by atoms with Crippen molar-refractivity contribution in [2.24, 2.45) is 5.92 Å². The summed E-state index contributed by atoms with van der Waals surface area (Å²) in [5.41, 5.74) is 1.15. The second-order valence-electron chi connectivity index (χ2n) is 4.30. The molecule has 18 heavy (non-hydrogen) atoms. The van der Waals surface area contributed by atoms with E-state index in [4.69, 9.17) is 0 Å². The first kappa shape index (κ1) is 16.4. The van der Waals surface area contributed by atoms with Gasteiger partial charge in [-0.3, -0.25) is 9.59 Å². The summed E-state index contributed by atoms with van der Waals surface area (Å²) in [6.07, 6.45) is 0. The van der Waals surface area contributed by atoms with E-state index in [1.165, 1.54) is 4.90 Å². The highest BCUT2D eigenvalue weighted by atomic mass is 16.2. The van der Waals surface area contributed by atoms with Crippen LogP contribution in [-0.4, -0.2) is 30.7 Å². The van der Waals surface area contributed by atoms with Gasteiger partial charge in [0.1, 0.15) is 0 Å². The largest absolute Gasteiger partial charge is 0.345 e. The molecule has 3 nitrogen and oxygen atoms in total. The van der Waals surface area contributed by atoms with Crippen LogP contribution in [0.2, 0.25) is 0 Å². The first-order valence-electron chi connectivity index (χ1n) is 6.29. The zero-order chi connectivity index (χ0) is 14.3. The Labute approximate surface area is 110 Å². The number of ketones is 1. The predicted octanol–water partition coefficient (Wildman–Crippen LogP) is 3.25. The molecule has 0 aliphatic carbocycles. The molecule has 3 heteroatoms. The third-order valence-electron chi connectivity index (χ3n) is 2.32. The van der Waals surface area contributed by atoms with Gasteiger partial charge in [-0.05, 0) is 12.1 Å². The predicted molar refractivity (Wildman–Crippen MR) is 75.0 cm³/mol. The average Bonchev–Trinajstić information content (AvgIpc) is 2.39. The van der Waals surface area contributed by atoms with Crippen LogP contribution in [0.3, 0.4) is 0 Å². The van der Waals surface area contributed by atoms with Crippen molar-refractivity contribution < 1.29 is 9.59 Å². The Morgan fingerprint density at radius 1 is 1.06 bits per heavy atom. The molecular formula is C15H23NO2. The van der Waals surface area contributed by atoms with Gasteiger partial charge in [-0.15, -0.1) is 0 Å². The van der Waals surface area contributed by atoms with Gasteiger partial charge in [0.15, 0.2) is 5.78 Å². The summed E-state index contributed by atoms with van der Waals surface area (Å²) in [5.74, 6) is -0.0727. The van der Waals surface area contributed by atoms with Crippen LogP contribution >= 0.6 is 0 Å². The van der Waals surface area contributed by atoms with Crippen molar-refractivity contribution in [2.75, 3.05) is 14.1 Å². The van der Waals surface area contributed by atoms with E-state index >= 15 is 0 Å². The highest BCUT2D eigenvalue weighted by Gasteiger charge is 2.13. The van der Waals surface area contributed by atoms with Gasteiger partial charge in [0.2, 0.25) is 0 Å². The zero-order valence-electron chi connectivity index (χ0n) is 12.2. The fourth-order valence-electron chi connectivity index (χ4n) is 1.40. The minimum atomic E-state index is -0.0848. The monoisotopic (exact) mass is 249 g/mol. The molecule has 0 fully saturated rings. The molecule has 0 aromatic heterocycles. The fourth-order valence-corrected chi connectivity index (χ4v) is 1.40. The molecule has 0 saturated carbocycles. The normalized spacial score (nSPS) is 9.50. The van der Waals surface area contributed by atoms with E-state index in [0.717, 1.165) is 0 Å². The summed E-state index contributed by atoms with van der Waals surface area (Å²) in [4.78, 5) is 25.0. The number of rotatable bonds is 3. The number of benzene rings is 1. The lowest BCUT2D eigenvalue weighted by atomic mass is 9.99. The lowest BCUT2D eigenvalue weighted by molar-refractivity contribution is 0.0827. The summed E-state index contributed by atoms with van der Waals surface area (Å²) >= 11 is 0. The SMILES string of the molecule is CC.CC(C)C(=O)c1cccc(C(=O)N(C)C)c1. The Morgan fingerprint density at radius 3 is 2.00 bits per heavy atom. The number of amides is 1. The molecule has 0 unspecified atom stereocenters. The number of hydrogen-bond acceptors (Lipinski definition) is 2. The summed E-state index contributed by atoms with van der Waals surface area (Å²) < 4.78 is 0. The summed E-state index contributed by atoms with van der Waals surface area (Å²) in [6.45, 7) is 7.70. The van der Waals surface area contributed by atoms with Crippen molar-refractivity contribution in [3.8, 4) is 0 Å². The second-order valence-corrected chi connectivity index (χ2v) is 4.30. The maximum atomic E-state index is 11.8. The van der Waals surface area contributed by atoms with Gasteiger partial charge < -0.3 is 4.90 Å². The summed E-state index contributed by atoms with van der Waals surface area (Å²) in [5, 5.41) is 0. The lowest BCUT2D eigenvalue weighted by Gasteiger charge is -2.11. The zero-order valence-corrected chi connectivity index (χ0v) is 12.2. The van der Waals surface area contributed by atoms with Gasteiger partial charge in [-0.1, -0.05) is 39.8 Å². The molecule has 0 radical (unpaired) electrons. The van der Waals surface area contributed by atoms with E-state index < -0.39 is 0 Å². The average molecular weight is 249 g/mol. The Kier molecular flexibility index (Phi) is 6.94. The maximum absolute atomic E-state index is 11.8. The smallest absolute Gasteiger partial charge is 0.253 e. The van der Waals surface area contributed by atoms with E-state index in [1.807, 2.05) is 27.7 Å². The molecule has 0 saturated heterocycles. The molecule has 1 amide bonds. The van der Waals surface area contributed by atoms with Crippen molar-refractivity contribution in [2.45, 2.75) is 27.7 Å². The lowest BCUT2D eigenvalue weighted by Crippen LogP contribution is -2.22. The molecule has 0 spiro atoms. The number of carbonyl (C=O) groups is 2. The summed E-state index contributed by atoms with van der Waals surface area (Å²) in [7, 11) is 3.39. The molecule has 0 bridgehead atoms. The van der Waals surface area contributed by atoms with Gasteiger partial charge in [0.05, 0.1) is 0 Å². The van der Waals surface area contributed by atoms with E-state index in [9.17, 15) is 9.59 Å². The molecule has 1 aromatic carbocycles. The third kappa shape index (κ3) is 4.32. The molecule has 100 valence electrons. The van der Waals surface area contributed by atoms with E-state index in [1.54, 1.807) is 38.4 Å². The van der Waals surface area contributed by atoms with Gasteiger partial charge >= 0.3 is 0 Å². The van der Waals surface area contributed by atoms with Crippen LogP contribution < -0.4 is 0 Å². The molecule has 0 N–H and O–H groups in total. The van der Waals surface area contributed by atoms with Gasteiger partial charge in [-0.2, -0.15) is 0 Å². The number of Topliss-reactive ketones (excluding diaryl/α,β-unsaturated/α-hetero) is 1. The Morgan fingerprint density at radius 2 is 1.56 bits per heavy atom. The Hall–Kier alpha value is -1.64. The minimum Gasteiger partial charge on any atom is -0.345 e. The van der Waals surface area contributed by atoms with Gasteiger partial charge in [0, 0.05) is 31.1 Å². The second kappa shape index (κ2) is 7.64. The highest BCUT2D eigenvalue weighted by Crippen LogP contribution is 2.11. The number of carbonyl (C=O) groups excluding carboxylic acids is 2. The van der Waals surface area contributed by atoms with E-state index in [-0.39, 0.29) is 17.6 Å². The molecule has 0 aliphatic rings. The van der Waals surface area contributed by atoms with Crippen molar-refractivity contribution >= 4 is 11.7 Å². The quantitative estimate of drug-likeness (QED) is 0.771. The first-order chi connectivity index (χ1) is 8.43. The standard InChI is InChI=1S/C13H17NO2.C2H6/c1-9(2)12(15)10-6-5-7-11(8-10)13(16)14(3)4;1-2/h5-9H,1-4H3;1-2H3. The molecule has 1 rings (SSSR count). The van der Waals surface area contributed by atoms with Crippen LogP contribution in [0.4, 0.5) is 0 Å². The number of nitrogens with zero attached hydrogens (tertiary/aromatic N) is 1. The Balaban J connectivity index is 0.00000137. The van der Waals surface area contributed by atoms with Gasteiger partial charge in [0.25, 0.3) is 5.91 Å². The van der Waals surface area contributed by atoms with E-state index in [2.05, 4.69) is 0 Å². The molecule has 0 atom stereocenters. The maximum Gasteiger partial charge on any atom is 0.253 e. The van der Waals surface area contributed by atoms with Crippen LogP contribution in [0.5, 0.6) is 0 Å². The van der Waals surface area contributed by atoms with Crippen molar-refractivity contribution in [3.05, 3.63) is 35.4 Å². The van der Waals surface area contributed by atoms with Crippen molar-refractivity contribution in [1.82, 2.24) is 4.90 Å². The topological polar surface area (TPSA) is 37.4 Å².